The standard InChI is InChI=1S/C27H38O2/c1-20(2)10-7-11-21(3)12-8-13-22(4)14-9-16-27(6)17-15-24-19-25(28)18-23(5)26(24)29-27/h10,12,14-15,17-19,28H,7-9,11,13,16H2,1-6H3/b21-12+,22-14+/t27-/m0/s1. The zero-order valence-electron chi connectivity index (χ0n) is 19.1. The number of ether oxygens (including phenoxy) is 1. The van der Waals surface area contributed by atoms with Crippen LogP contribution in [0.25, 0.3) is 6.08 Å². The van der Waals surface area contributed by atoms with Gasteiger partial charge in [0.25, 0.3) is 0 Å². The number of fused-ring (bicyclic) bond motifs is 1. The van der Waals surface area contributed by atoms with Gasteiger partial charge < -0.3 is 9.84 Å². The second-order valence-electron chi connectivity index (χ2n) is 8.93. The van der Waals surface area contributed by atoms with Gasteiger partial charge in [-0.25, -0.2) is 0 Å². The Bertz CT molecular complexity index is 819. The predicted octanol–water partition coefficient (Wildman–Crippen LogP) is 8.06. The van der Waals surface area contributed by atoms with Crippen LogP contribution in [0.4, 0.5) is 0 Å². The Morgan fingerprint density at radius 1 is 0.966 bits per heavy atom. The van der Waals surface area contributed by atoms with Crippen molar-refractivity contribution in [2.24, 2.45) is 0 Å². The summed E-state index contributed by atoms with van der Waals surface area (Å²) in [6.07, 6.45) is 17.7. The summed E-state index contributed by atoms with van der Waals surface area (Å²) < 4.78 is 6.31. The van der Waals surface area contributed by atoms with Crippen molar-refractivity contribution in [2.75, 3.05) is 0 Å². The van der Waals surface area contributed by atoms with E-state index < -0.39 is 0 Å². The molecule has 0 saturated carbocycles. The molecule has 0 radical (unpaired) electrons. The van der Waals surface area contributed by atoms with Crippen LogP contribution in [-0.4, -0.2) is 10.7 Å². The summed E-state index contributed by atoms with van der Waals surface area (Å²) in [7, 11) is 0. The van der Waals surface area contributed by atoms with Gasteiger partial charge in [-0.1, -0.05) is 41.0 Å². The first-order chi connectivity index (χ1) is 13.7. The molecule has 29 heavy (non-hydrogen) atoms. The van der Waals surface area contributed by atoms with Crippen LogP contribution in [0.15, 0.2) is 53.2 Å². The first-order valence-corrected chi connectivity index (χ1v) is 10.8. The van der Waals surface area contributed by atoms with E-state index in [1.54, 1.807) is 12.1 Å². The molecule has 2 heteroatoms. The smallest absolute Gasteiger partial charge is 0.131 e. The van der Waals surface area contributed by atoms with E-state index in [1.807, 2.05) is 6.92 Å². The fourth-order valence-electron chi connectivity index (χ4n) is 3.66. The number of allylic oxidation sites excluding steroid dienone is 6. The molecule has 2 nitrogen and oxygen atoms in total. The Balaban J connectivity index is 1.81. The van der Waals surface area contributed by atoms with E-state index in [1.165, 1.54) is 16.7 Å². The predicted molar refractivity (Wildman–Crippen MR) is 126 cm³/mol. The molecule has 1 aliphatic heterocycles. The third-order valence-electron chi connectivity index (χ3n) is 5.50. The summed E-state index contributed by atoms with van der Waals surface area (Å²) in [6, 6.07) is 3.52. The fraction of sp³-hybridized carbons (Fsp3) is 0.481. The summed E-state index contributed by atoms with van der Waals surface area (Å²) in [4.78, 5) is 0. The van der Waals surface area contributed by atoms with E-state index >= 15 is 0 Å². The molecule has 158 valence electrons. The second-order valence-corrected chi connectivity index (χ2v) is 8.93. The van der Waals surface area contributed by atoms with Crippen molar-refractivity contribution in [3.05, 3.63) is 64.3 Å². The number of aryl methyl sites for hydroxylation is 1. The Kier molecular flexibility index (Phi) is 8.37. The first-order valence-electron chi connectivity index (χ1n) is 10.8. The van der Waals surface area contributed by atoms with Crippen molar-refractivity contribution in [1.29, 1.82) is 0 Å². The Hall–Kier alpha value is -2.22. The molecule has 1 N–H and O–H groups in total. The van der Waals surface area contributed by atoms with Crippen LogP contribution >= 0.6 is 0 Å². The average molecular weight is 395 g/mol. The molecule has 0 aromatic heterocycles. The van der Waals surface area contributed by atoms with Gasteiger partial charge in [0.05, 0.1) is 0 Å². The number of hydrogen-bond acceptors (Lipinski definition) is 2. The van der Waals surface area contributed by atoms with Crippen molar-refractivity contribution < 1.29 is 9.84 Å². The number of rotatable bonds is 9. The molecule has 0 fully saturated rings. The number of benzene rings is 1. The van der Waals surface area contributed by atoms with Crippen LogP contribution in [0.5, 0.6) is 11.5 Å². The van der Waals surface area contributed by atoms with Gasteiger partial charge in [0.2, 0.25) is 0 Å². The topological polar surface area (TPSA) is 29.5 Å². The molecule has 0 spiro atoms. The molecular weight excluding hydrogens is 356 g/mol. The van der Waals surface area contributed by atoms with Crippen LogP contribution < -0.4 is 4.74 Å². The van der Waals surface area contributed by atoms with E-state index in [4.69, 9.17) is 4.74 Å². The van der Waals surface area contributed by atoms with Gasteiger partial charge in [-0.3, -0.25) is 0 Å². The maximum Gasteiger partial charge on any atom is 0.131 e. The summed E-state index contributed by atoms with van der Waals surface area (Å²) in [5.41, 5.74) is 5.98. The van der Waals surface area contributed by atoms with E-state index in [0.717, 1.165) is 55.4 Å². The maximum atomic E-state index is 9.77. The molecule has 1 aromatic rings. The van der Waals surface area contributed by atoms with Gasteiger partial charge in [-0.05, 0) is 104 Å². The molecule has 0 bridgehead atoms. The first kappa shape index (κ1) is 23.1. The lowest BCUT2D eigenvalue weighted by atomic mass is 9.93. The lowest BCUT2D eigenvalue weighted by molar-refractivity contribution is 0.127. The molecule has 1 aromatic carbocycles. The van der Waals surface area contributed by atoms with Crippen molar-refractivity contribution in [3.63, 3.8) is 0 Å². The monoisotopic (exact) mass is 394 g/mol. The van der Waals surface area contributed by atoms with Crippen LogP contribution in [0.3, 0.4) is 0 Å². The highest BCUT2D eigenvalue weighted by molar-refractivity contribution is 5.65. The maximum absolute atomic E-state index is 9.77. The minimum atomic E-state index is -0.299. The quantitative estimate of drug-likeness (QED) is 0.429. The number of hydrogen-bond donors (Lipinski definition) is 1. The highest BCUT2D eigenvalue weighted by atomic mass is 16.5. The van der Waals surface area contributed by atoms with Crippen molar-refractivity contribution >= 4 is 6.08 Å². The molecule has 0 saturated heterocycles. The lowest BCUT2D eigenvalue weighted by Crippen LogP contribution is -2.32. The third-order valence-corrected chi connectivity index (χ3v) is 5.50. The van der Waals surface area contributed by atoms with Crippen molar-refractivity contribution in [1.82, 2.24) is 0 Å². The summed E-state index contributed by atoms with van der Waals surface area (Å²) in [5, 5.41) is 9.77. The normalized spacial score (nSPS) is 19.0. The van der Waals surface area contributed by atoms with E-state index in [-0.39, 0.29) is 11.4 Å². The lowest BCUT2D eigenvalue weighted by Gasteiger charge is -2.32. The summed E-state index contributed by atoms with van der Waals surface area (Å²) >= 11 is 0. The molecule has 0 unspecified atom stereocenters. The molecule has 1 heterocycles. The second kappa shape index (κ2) is 10.5. The summed E-state index contributed by atoms with van der Waals surface area (Å²) in [6.45, 7) is 12.9. The Labute approximate surface area is 177 Å². The van der Waals surface area contributed by atoms with Crippen LogP contribution in [-0.2, 0) is 0 Å². The van der Waals surface area contributed by atoms with Crippen molar-refractivity contribution in [3.8, 4) is 11.5 Å². The zero-order chi connectivity index (χ0) is 21.4. The highest BCUT2D eigenvalue weighted by Gasteiger charge is 2.27. The highest BCUT2D eigenvalue weighted by Crippen LogP contribution is 2.38. The van der Waals surface area contributed by atoms with Gasteiger partial charge >= 0.3 is 0 Å². The van der Waals surface area contributed by atoms with Gasteiger partial charge in [-0.15, -0.1) is 0 Å². The Morgan fingerprint density at radius 3 is 2.24 bits per heavy atom. The minimum absolute atomic E-state index is 0.290. The van der Waals surface area contributed by atoms with E-state index in [2.05, 4.69) is 65.0 Å². The number of phenols is 1. The molecule has 1 aliphatic rings. The molecule has 2 rings (SSSR count). The van der Waals surface area contributed by atoms with Gasteiger partial charge in [0, 0.05) is 5.56 Å². The van der Waals surface area contributed by atoms with Crippen LogP contribution in [0, 0.1) is 6.92 Å². The molecule has 1 atom stereocenters. The Morgan fingerprint density at radius 2 is 1.59 bits per heavy atom. The van der Waals surface area contributed by atoms with Crippen LogP contribution in [0.1, 0.15) is 84.3 Å². The van der Waals surface area contributed by atoms with Gasteiger partial charge in [0.15, 0.2) is 0 Å². The van der Waals surface area contributed by atoms with E-state index in [0.29, 0.717) is 0 Å². The number of phenolic OH excluding ortho intramolecular Hbond substituents is 1. The summed E-state index contributed by atoms with van der Waals surface area (Å²) in [5.74, 6) is 1.18. The average Bonchev–Trinajstić information content (AvgIpc) is 2.62. The van der Waals surface area contributed by atoms with E-state index in [9.17, 15) is 5.11 Å². The van der Waals surface area contributed by atoms with Gasteiger partial charge in [-0.2, -0.15) is 0 Å². The number of aromatic hydroxyl groups is 1. The van der Waals surface area contributed by atoms with Crippen molar-refractivity contribution in [2.45, 2.75) is 85.7 Å². The molecule has 0 aliphatic carbocycles. The SMILES string of the molecule is CC(C)=CCC/C(C)=C/CC/C(C)=C/CC[C@@]1(C)C=Cc2cc(O)cc(C)c2O1. The fourth-order valence-corrected chi connectivity index (χ4v) is 3.66. The van der Waals surface area contributed by atoms with Crippen LogP contribution in [0.2, 0.25) is 0 Å². The largest absolute Gasteiger partial charge is 0.508 e. The molecule has 0 amide bonds. The third kappa shape index (κ3) is 7.61. The molecular formula is C27H38O2. The minimum Gasteiger partial charge on any atom is -0.508 e. The van der Waals surface area contributed by atoms with Gasteiger partial charge in [0.1, 0.15) is 17.1 Å². The zero-order valence-corrected chi connectivity index (χ0v) is 19.1.